The molecule has 0 aromatic heterocycles. The van der Waals surface area contributed by atoms with Crippen LogP contribution >= 0.6 is 0 Å². The highest BCUT2D eigenvalue weighted by Gasteiger charge is 2.47. The van der Waals surface area contributed by atoms with E-state index >= 15 is 0 Å². The monoisotopic (exact) mass is 183 g/mol. The minimum absolute atomic E-state index is 0.0544. The predicted octanol–water partition coefficient (Wildman–Crippen LogP) is 1.27. The Morgan fingerprint density at radius 1 is 1.23 bits per heavy atom. The molecule has 0 unspecified atom stereocenters. The Hall–Kier alpha value is -0.860. The average molecular weight is 183 g/mol. The SMILES string of the molecule is CCCC1(CCC)C(=O)CNC1=O. The van der Waals surface area contributed by atoms with Crippen molar-refractivity contribution in [1.82, 2.24) is 5.32 Å². The second kappa shape index (κ2) is 3.90. The number of nitrogens with one attached hydrogen (secondary N) is 1. The van der Waals surface area contributed by atoms with Crippen LogP contribution < -0.4 is 5.32 Å². The molecule has 0 aliphatic carbocycles. The fourth-order valence-electron chi connectivity index (χ4n) is 2.11. The van der Waals surface area contributed by atoms with Gasteiger partial charge >= 0.3 is 0 Å². The molecule has 0 spiro atoms. The minimum Gasteiger partial charge on any atom is -0.348 e. The van der Waals surface area contributed by atoms with E-state index in [4.69, 9.17) is 0 Å². The number of ketones is 1. The third kappa shape index (κ3) is 1.60. The lowest BCUT2D eigenvalue weighted by Crippen LogP contribution is -2.35. The van der Waals surface area contributed by atoms with E-state index in [2.05, 4.69) is 5.32 Å². The number of carbonyl (C=O) groups is 2. The van der Waals surface area contributed by atoms with Crippen LogP contribution in [0.1, 0.15) is 39.5 Å². The maximum atomic E-state index is 11.6. The van der Waals surface area contributed by atoms with E-state index in [1.165, 1.54) is 0 Å². The highest BCUT2D eigenvalue weighted by Crippen LogP contribution is 2.34. The van der Waals surface area contributed by atoms with Crippen LogP contribution in [0.15, 0.2) is 0 Å². The summed E-state index contributed by atoms with van der Waals surface area (Å²) in [6.07, 6.45) is 3.18. The minimum atomic E-state index is -0.677. The second-order valence-electron chi connectivity index (χ2n) is 3.69. The van der Waals surface area contributed by atoms with Crippen LogP contribution in [0.4, 0.5) is 0 Å². The summed E-state index contributed by atoms with van der Waals surface area (Å²) >= 11 is 0. The van der Waals surface area contributed by atoms with Gasteiger partial charge in [0, 0.05) is 0 Å². The van der Waals surface area contributed by atoms with E-state index in [0.717, 1.165) is 12.8 Å². The van der Waals surface area contributed by atoms with Crippen LogP contribution in [0.3, 0.4) is 0 Å². The molecule has 1 aliphatic rings. The van der Waals surface area contributed by atoms with Crippen molar-refractivity contribution in [3.05, 3.63) is 0 Å². The summed E-state index contributed by atoms with van der Waals surface area (Å²) in [5, 5.41) is 2.64. The third-order valence-corrected chi connectivity index (χ3v) is 2.73. The summed E-state index contributed by atoms with van der Waals surface area (Å²) in [4.78, 5) is 23.2. The van der Waals surface area contributed by atoms with Crippen molar-refractivity contribution >= 4 is 11.7 Å². The molecule has 1 heterocycles. The van der Waals surface area contributed by atoms with Crippen LogP contribution in [0.2, 0.25) is 0 Å². The summed E-state index contributed by atoms with van der Waals surface area (Å²) in [5.41, 5.74) is -0.677. The van der Waals surface area contributed by atoms with Gasteiger partial charge in [0.15, 0.2) is 5.78 Å². The summed E-state index contributed by atoms with van der Waals surface area (Å²) in [6.45, 7) is 4.26. The lowest BCUT2D eigenvalue weighted by Gasteiger charge is -2.22. The quantitative estimate of drug-likeness (QED) is 0.667. The molecule has 0 saturated carbocycles. The van der Waals surface area contributed by atoms with Gasteiger partial charge in [0.1, 0.15) is 5.41 Å². The van der Waals surface area contributed by atoms with Crippen LogP contribution in [0, 0.1) is 5.41 Å². The van der Waals surface area contributed by atoms with Gasteiger partial charge in [0.25, 0.3) is 0 Å². The third-order valence-electron chi connectivity index (χ3n) is 2.73. The first kappa shape index (κ1) is 10.2. The average Bonchev–Trinajstić information content (AvgIpc) is 2.35. The molecule has 1 rings (SSSR count). The van der Waals surface area contributed by atoms with Gasteiger partial charge in [0.05, 0.1) is 6.54 Å². The topological polar surface area (TPSA) is 46.2 Å². The fourth-order valence-corrected chi connectivity index (χ4v) is 2.11. The van der Waals surface area contributed by atoms with E-state index in [-0.39, 0.29) is 18.2 Å². The maximum absolute atomic E-state index is 11.6. The van der Waals surface area contributed by atoms with Gasteiger partial charge in [-0.15, -0.1) is 0 Å². The zero-order valence-corrected chi connectivity index (χ0v) is 8.35. The molecule has 0 aromatic rings. The van der Waals surface area contributed by atoms with Crippen molar-refractivity contribution in [2.75, 3.05) is 6.54 Å². The first-order valence-electron chi connectivity index (χ1n) is 4.99. The zero-order chi connectivity index (χ0) is 9.90. The van der Waals surface area contributed by atoms with Crippen LogP contribution in [0.5, 0.6) is 0 Å². The number of hydrogen-bond donors (Lipinski definition) is 1. The van der Waals surface area contributed by atoms with E-state index in [0.29, 0.717) is 12.8 Å². The second-order valence-corrected chi connectivity index (χ2v) is 3.69. The Kier molecular flexibility index (Phi) is 3.07. The van der Waals surface area contributed by atoms with Gasteiger partial charge in [-0.25, -0.2) is 0 Å². The molecular weight excluding hydrogens is 166 g/mol. The van der Waals surface area contributed by atoms with Gasteiger partial charge in [-0.1, -0.05) is 26.7 Å². The molecule has 1 aliphatic heterocycles. The zero-order valence-electron chi connectivity index (χ0n) is 8.35. The summed E-state index contributed by atoms with van der Waals surface area (Å²) < 4.78 is 0. The lowest BCUT2D eigenvalue weighted by molar-refractivity contribution is -0.136. The molecule has 1 fully saturated rings. The van der Waals surface area contributed by atoms with E-state index in [1.807, 2.05) is 13.8 Å². The van der Waals surface area contributed by atoms with E-state index in [9.17, 15) is 9.59 Å². The molecule has 0 aromatic carbocycles. The van der Waals surface area contributed by atoms with Gasteiger partial charge < -0.3 is 5.32 Å². The highest BCUT2D eigenvalue weighted by atomic mass is 16.2. The Morgan fingerprint density at radius 2 is 1.77 bits per heavy atom. The predicted molar refractivity (Wildman–Crippen MR) is 50.3 cm³/mol. The Bertz CT molecular complexity index is 199. The fraction of sp³-hybridized carbons (Fsp3) is 0.800. The smallest absolute Gasteiger partial charge is 0.234 e. The lowest BCUT2D eigenvalue weighted by atomic mass is 9.77. The molecule has 13 heavy (non-hydrogen) atoms. The molecule has 1 amide bonds. The standard InChI is InChI=1S/C10H17NO2/c1-3-5-10(6-4-2)8(12)7-11-9(10)13/h3-7H2,1-2H3,(H,11,13). The number of amides is 1. The highest BCUT2D eigenvalue weighted by molar-refractivity contribution is 6.12. The number of Topliss-reactive ketones (excluding diaryl/α,β-unsaturated/α-hetero) is 1. The van der Waals surface area contributed by atoms with Crippen LogP contribution in [-0.4, -0.2) is 18.2 Å². The van der Waals surface area contributed by atoms with E-state index in [1.54, 1.807) is 0 Å². The number of hydrogen-bond acceptors (Lipinski definition) is 2. The van der Waals surface area contributed by atoms with Crippen molar-refractivity contribution in [2.45, 2.75) is 39.5 Å². The largest absolute Gasteiger partial charge is 0.348 e. The number of rotatable bonds is 4. The summed E-state index contributed by atoms with van der Waals surface area (Å²) in [5.74, 6) is 0.0300. The van der Waals surface area contributed by atoms with Gasteiger partial charge in [-0.3, -0.25) is 9.59 Å². The Morgan fingerprint density at radius 3 is 2.08 bits per heavy atom. The molecule has 1 saturated heterocycles. The van der Waals surface area contributed by atoms with Crippen molar-refractivity contribution in [2.24, 2.45) is 5.41 Å². The van der Waals surface area contributed by atoms with Gasteiger partial charge in [-0.2, -0.15) is 0 Å². The van der Waals surface area contributed by atoms with E-state index < -0.39 is 5.41 Å². The Labute approximate surface area is 78.9 Å². The van der Waals surface area contributed by atoms with Crippen molar-refractivity contribution in [3.8, 4) is 0 Å². The first-order chi connectivity index (χ1) is 6.17. The molecule has 1 N–H and O–H groups in total. The normalized spacial score (nSPS) is 20.5. The van der Waals surface area contributed by atoms with Crippen molar-refractivity contribution in [3.63, 3.8) is 0 Å². The summed E-state index contributed by atoms with van der Waals surface area (Å²) in [6, 6.07) is 0. The molecule has 0 atom stereocenters. The van der Waals surface area contributed by atoms with Crippen LogP contribution in [0.25, 0.3) is 0 Å². The molecular formula is C10H17NO2. The van der Waals surface area contributed by atoms with Gasteiger partial charge in [0.2, 0.25) is 5.91 Å². The molecule has 3 heteroatoms. The first-order valence-corrected chi connectivity index (χ1v) is 4.99. The van der Waals surface area contributed by atoms with Crippen LogP contribution in [-0.2, 0) is 9.59 Å². The summed E-state index contributed by atoms with van der Waals surface area (Å²) in [7, 11) is 0. The molecule has 74 valence electrons. The van der Waals surface area contributed by atoms with Gasteiger partial charge in [-0.05, 0) is 12.8 Å². The molecule has 0 bridgehead atoms. The van der Waals surface area contributed by atoms with Crippen molar-refractivity contribution in [1.29, 1.82) is 0 Å². The maximum Gasteiger partial charge on any atom is 0.234 e. The Balaban J connectivity index is 2.85. The van der Waals surface area contributed by atoms with Crippen molar-refractivity contribution < 1.29 is 9.59 Å². The molecule has 3 nitrogen and oxygen atoms in total. The number of carbonyl (C=O) groups excluding carboxylic acids is 2. The molecule has 0 radical (unpaired) electrons.